The number of urea groups is 1. The van der Waals surface area contributed by atoms with Gasteiger partial charge in [-0.2, -0.15) is 0 Å². The summed E-state index contributed by atoms with van der Waals surface area (Å²) in [5.41, 5.74) is 2.34. The molecule has 2 fully saturated rings. The number of allylic oxidation sites excluding steroid dienone is 1. The van der Waals surface area contributed by atoms with Crippen LogP contribution in [-0.2, 0) is 0 Å². The lowest BCUT2D eigenvalue weighted by molar-refractivity contribution is 0.190. The second kappa shape index (κ2) is 7.16. The molecule has 2 bridgehead atoms. The lowest BCUT2D eigenvalue weighted by Gasteiger charge is -2.29. The molecule has 1 aromatic carbocycles. The molecule has 0 saturated carbocycles. The highest BCUT2D eigenvalue weighted by Gasteiger charge is 2.31. The Morgan fingerprint density at radius 1 is 1.12 bits per heavy atom. The van der Waals surface area contributed by atoms with Gasteiger partial charge in [-0.05, 0) is 61.8 Å². The van der Waals surface area contributed by atoms with E-state index in [1.54, 1.807) is 0 Å². The van der Waals surface area contributed by atoms with E-state index in [2.05, 4.69) is 16.7 Å². The van der Waals surface area contributed by atoms with Crippen LogP contribution in [0.15, 0.2) is 30.3 Å². The van der Waals surface area contributed by atoms with E-state index in [4.69, 9.17) is 0 Å². The minimum absolute atomic E-state index is 0.0815. The van der Waals surface area contributed by atoms with Gasteiger partial charge in [0.15, 0.2) is 0 Å². The molecular formula is C20H26FN3O. The fraction of sp³-hybridized carbons (Fsp3) is 0.550. The number of benzene rings is 1. The average molecular weight is 343 g/mol. The number of hydrogen-bond donors (Lipinski definition) is 2. The highest BCUT2D eigenvalue weighted by molar-refractivity contribution is 5.75. The van der Waals surface area contributed by atoms with Crippen LogP contribution in [0.2, 0.25) is 0 Å². The van der Waals surface area contributed by atoms with Gasteiger partial charge in [0.2, 0.25) is 0 Å². The van der Waals surface area contributed by atoms with E-state index in [9.17, 15) is 9.18 Å². The first kappa shape index (κ1) is 16.6. The monoisotopic (exact) mass is 343 g/mol. The first-order valence-electron chi connectivity index (χ1n) is 9.44. The van der Waals surface area contributed by atoms with Crippen LogP contribution in [0.5, 0.6) is 0 Å². The summed E-state index contributed by atoms with van der Waals surface area (Å²) in [5.74, 6) is -0.203. The molecule has 5 heteroatoms. The van der Waals surface area contributed by atoms with Crippen LogP contribution in [0, 0.1) is 5.82 Å². The van der Waals surface area contributed by atoms with Gasteiger partial charge >= 0.3 is 6.03 Å². The van der Waals surface area contributed by atoms with Gasteiger partial charge in [-0.25, -0.2) is 9.18 Å². The van der Waals surface area contributed by atoms with Gasteiger partial charge in [0.05, 0.1) is 0 Å². The van der Waals surface area contributed by atoms with Gasteiger partial charge < -0.3 is 15.5 Å². The number of rotatable bonds is 2. The normalized spacial score (nSPS) is 29.1. The van der Waals surface area contributed by atoms with E-state index >= 15 is 0 Å². The Balaban J connectivity index is 1.32. The molecule has 1 aliphatic carbocycles. The molecule has 4 nitrogen and oxygen atoms in total. The summed E-state index contributed by atoms with van der Waals surface area (Å²) in [6, 6.07) is 8.02. The van der Waals surface area contributed by atoms with Crippen LogP contribution in [-0.4, -0.2) is 42.1 Å². The Labute approximate surface area is 148 Å². The maximum atomic E-state index is 13.0. The van der Waals surface area contributed by atoms with Crippen LogP contribution in [0.1, 0.15) is 44.1 Å². The third-order valence-corrected chi connectivity index (χ3v) is 5.76. The maximum Gasteiger partial charge on any atom is 0.317 e. The van der Waals surface area contributed by atoms with Crippen molar-refractivity contribution >= 4 is 11.6 Å². The van der Waals surface area contributed by atoms with Crippen molar-refractivity contribution in [2.24, 2.45) is 0 Å². The number of carbonyl (C=O) groups excluding carboxylic acids is 1. The summed E-state index contributed by atoms with van der Waals surface area (Å²) in [6.07, 6.45) is 8.38. The van der Waals surface area contributed by atoms with Crippen molar-refractivity contribution in [2.45, 2.75) is 56.7 Å². The fourth-order valence-corrected chi connectivity index (χ4v) is 4.28. The van der Waals surface area contributed by atoms with Crippen molar-refractivity contribution in [3.8, 4) is 0 Å². The van der Waals surface area contributed by atoms with Crippen molar-refractivity contribution in [3.05, 3.63) is 41.7 Å². The van der Waals surface area contributed by atoms with Crippen molar-refractivity contribution in [2.75, 3.05) is 13.1 Å². The maximum absolute atomic E-state index is 13.0. The van der Waals surface area contributed by atoms with Gasteiger partial charge in [0, 0.05) is 31.2 Å². The SMILES string of the molecule is O=C(NC1CC=C(c2ccc(F)cc2)CC1)N1CCC2CCC(C1)N2. The minimum Gasteiger partial charge on any atom is -0.335 e. The molecule has 3 atom stereocenters. The zero-order valence-corrected chi connectivity index (χ0v) is 14.5. The number of halogens is 1. The van der Waals surface area contributed by atoms with Crippen LogP contribution < -0.4 is 10.6 Å². The van der Waals surface area contributed by atoms with Crippen molar-refractivity contribution < 1.29 is 9.18 Å². The predicted octanol–water partition coefficient (Wildman–Crippen LogP) is 3.30. The lowest BCUT2D eigenvalue weighted by atomic mass is 9.91. The highest BCUT2D eigenvalue weighted by Crippen LogP contribution is 2.27. The summed E-state index contributed by atoms with van der Waals surface area (Å²) >= 11 is 0. The largest absolute Gasteiger partial charge is 0.335 e. The molecule has 0 radical (unpaired) electrons. The van der Waals surface area contributed by atoms with Crippen LogP contribution in [0.3, 0.4) is 0 Å². The van der Waals surface area contributed by atoms with E-state index in [-0.39, 0.29) is 17.9 Å². The fourth-order valence-electron chi connectivity index (χ4n) is 4.28. The van der Waals surface area contributed by atoms with Gasteiger partial charge in [0.25, 0.3) is 0 Å². The average Bonchev–Trinajstić information content (AvgIpc) is 2.95. The quantitative estimate of drug-likeness (QED) is 0.865. The molecule has 2 heterocycles. The molecule has 2 aliphatic heterocycles. The molecule has 3 unspecified atom stereocenters. The molecule has 0 aromatic heterocycles. The second-order valence-electron chi connectivity index (χ2n) is 7.53. The highest BCUT2D eigenvalue weighted by atomic mass is 19.1. The smallest absolute Gasteiger partial charge is 0.317 e. The first-order valence-corrected chi connectivity index (χ1v) is 9.44. The van der Waals surface area contributed by atoms with E-state index in [0.29, 0.717) is 12.1 Å². The molecule has 25 heavy (non-hydrogen) atoms. The lowest BCUT2D eigenvalue weighted by Crippen LogP contribution is -2.48. The van der Waals surface area contributed by atoms with Crippen LogP contribution in [0.4, 0.5) is 9.18 Å². The number of nitrogens with one attached hydrogen (secondary N) is 2. The van der Waals surface area contributed by atoms with Gasteiger partial charge in [-0.15, -0.1) is 0 Å². The number of fused-ring (bicyclic) bond motifs is 2. The van der Waals surface area contributed by atoms with E-state index in [1.165, 1.54) is 30.5 Å². The summed E-state index contributed by atoms with van der Waals surface area (Å²) in [4.78, 5) is 14.6. The van der Waals surface area contributed by atoms with Crippen molar-refractivity contribution in [3.63, 3.8) is 0 Å². The molecule has 134 valence electrons. The molecule has 1 aromatic rings. The topological polar surface area (TPSA) is 44.4 Å². The number of amides is 2. The third-order valence-electron chi connectivity index (χ3n) is 5.76. The number of nitrogens with zero attached hydrogens (tertiary/aromatic N) is 1. The molecule has 2 amide bonds. The van der Waals surface area contributed by atoms with Crippen molar-refractivity contribution in [1.29, 1.82) is 0 Å². The second-order valence-corrected chi connectivity index (χ2v) is 7.53. The van der Waals surface area contributed by atoms with Crippen LogP contribution in [0.25, 0.3) is 5.57 Å². The van der Waals surface area contributed by atoms with E-state index < -0.39 is 0 Å². The standard InChI is InChI=1S/C20H26FN3O/c21-16-5-1-14(2-6-16)15-3-7-17(8-4-15)23-20(25)24-12-11-18-9-10-19(13-24)22-18/h1-3,5-6,17-19,22H,4,7-13H2,(H,23,25). The Bertz CT molecular complexity index is 657. The summed E-state index contributed by atoms with van der Waals surface area (Å²) in [6.45, 7) is 1.68. The van der Waals surface area contributed by atoms with Gasteiger partial charge in [-0.1, -0.05) is 18.2 Å². The predicted molar refractivity (Wildman–Crippen MR) is 96.7 cm³/mol. The Kier molecular flexibility index (Phi) is 4.75. The molecule has 2 N–H and O–H groups in total. The molecule has 0 spiro atoms. The molecule has 3 aliphatic rings. The summed E-state index contributed by atoms with van der Waals surface area (Å²) < 4.78 is 13.0. The van der Waals surface area contributed by atoms with Gasteiger partial charge in [-0.3, -0.25) is 0 Å². The molecule has 2 saturated heterocycles. The zero-order chi connectivity index (χ0) is 17.2. The van der Waals surface area contributed by atoms with Gasteiger partial charge in [0.1, 0.15) is 5.82 Å². The minimum atomic E-state index is -0.203. The Hall–Kier alpha value is -1.88. The number of carbonyl (C=O) groups is 1. The number of hydrogen-bond acceptors (Lipinski definition) is 2. The zero-order valence-electron chi connectivity index (χ0n) is 14.5. The number of likely N-dealkylation sites (tertiary alicyclic amines) is 1. The molecule has 4 rings (SSSR count). The first-order chi connectivity index (χ1) is 12.2. The van der Waals surface area contributed by atoms with Crippen LogP contribution >= 0.6 is 0 Å². The summed E-state index contributed by atoms with van der Waals surface area (Å²) in [5, 5.41) is 6.82. The van der Waals surface area contributed by atoms with Crippen molar-refractivity contribution in [1.82, 2.24) is 15.5 Å². The van der Waals surface area contributed by atoms with E-state index in [1.807, 2.05) is 17.0 Å². The Morgan fingerprint density at radius 2 is 1.92 bits per heavy atom. The molecular weight excluding hydrogens is 317 g/mol. The van der Waals surface area contributed by atoms with E-state index in [0.717, 1.165) is 44.3 Å². The Morgan fingerprint density at radius 3 is 2.68 bits per heavy atom. The third kappa shape index (κ3) is 3.87. The summed E-state index contributed by atoms with van der Waals surface area (Å²) in [7, 11) is 0.